The lowest BCUT2D eigenvalue weighted by atomic mass is 9.43. The second kappa shape index (κ2) is 8.34. The molecule has 4 aliphatic rings. The van der Waals surface area contributed by atoms with Crippen LogP contribution in [0.3, 0.4) is 0 Å². The minimum atomic E-state index is -0.604. The van der Waals surface area contributed by atoms with Crippen molar-refractivity contribution in [2.75, 3.05) is 0 Å². The van der Waals surface area contributed by atoms with Crippen LogP contribution in [-0.4, -0.2) is 16.9 Å². The Bertz CT molecular complexity index is 925. The van der Waals surface area contributed by atoms with E-state index >= 15 is 0 Å². The van der Waals surface area contributed by atoms with Crippen molar-refractivity contribution in [3.8, 4) is 0 Å². The highest BCUT2D eigenvalue weighted by Gasteiger charge is 2.64. The first-order chi connectivity index (χ1) is 15.7. The summed E-state index contributed by atoms with van der Waals surface area (Å²) >= 11 is 0. The highest BCUT2D eigenvalue weighted by molar-refractivity contribution is 5.85. The molecule has 0 aromatic rings. The SMILES string of the molecule is C=C(C)C(C)CCC(C(=O)O)C1CCC2(C)C3=C(CCC12C)C1(C)CCC(=O)C(C)(C)C1CC3. The van der Waals surface area contributed by atoms with Gasteiger partial charge in [0.25, 0.3) is 0 Å². The van der Waals surface area contributed by atoms with Gasteiger partial charge in [-0.2, -0.15) is 0 Å². The van der Waals surface area contributed by atoms with Crippen LogP contribution in [-0.2, 0) is 9.59 Å². The Kier molecular flexibility index (Phi) is 6.31. The predicted octanol–water partition coefficient (Wildman–Crippen LogP) is 8.00. The Hall–Kier alpha value is -1.38. The summed E-state index contributed by atoms with van der Waals surface area (Å²) in [5.41, 5.74) is 4.47. The zero-order valence-electron chi connectivity index (χ0n) is 22.9. The molecule has 0 aromatic carbocycles. The van der Waals surface area contributed by atoms with Gasteiger partial charge in [-0.3, -0.25) is 9.59 Å². The van der Waals surface area contributed by atoms with Crippen molar-refractivity contribution in [2.24, 2.45) is 45.3 Å². The number of hydrogen-bond donors (Lipinski definition) is 1. The summed E-state index contributed by atoms with van der Waals surface area (Å²) < 4.78 is 0. The summed E-state index contributed by atoms with van der Waals surface area (Å²) in [6, 6.07) is 0. The first kappa shape index (κ1) is 25.7. The molecule has 0 heterocycles. The number of aliphatic carboxylic acids is 1. The van der Waals surface area contributed by atoms with Crippen molar-refractivity contribution in [2.45, 2.75) is 113 Å². The molecule has 2 saturated carbocycles. The molecule has 7 atom stereocenters. The van der Waals surface area contributed by atoms with Gasteiger partial charge in [0, 0.05) is 11.8 Å². The summed E-state index contributed by atoms with van der Waals surface area (Å²) in [6.07, 6.45) is 9.85. The number of hydrogen-bond acceptors (Lipinski definition) is 2. The Morgan fingerprint density at radius 3 is 2.29 bits per heavy atom. The van der Waals surface area contributed by atoms with E-state index in [1.807, 2.05) is 0 Å². The second-order valence-electron chi connectivity index (χ2n) is 13.8. The third-order valence-electron chi connectivity index (χ3n) is 12.1. The molecule has 34 heavy (non-hydrogen) atoms. The van der Waals surface area contributed by atoms with E-state index in [0.717, 1.165) is 63.4 Å². The smallest absolute Gasteiger partial charge is 0.306 e. The van der Waals surface area contributed by atoms with E-state index in [4.69, 9.17) is 0 Å². The molecule has 2 fully saturated rings. The topological polar surface area (TPSA) is 54.4 Å². The van der Waals surface area contributed by atoms with Gasteiger partial charge in [-0.25, -0.2) is 0 Å². The molecule has 3 heteroatoms. The average Bonchev–Trinajstić information content (AvgIpc) is 3.02. The van der Waals surface area contributed by atoms with Gasteiger partial charge in [0.2, 0.25) is 0 Å². The van der Waals surface area contributed by atoms with E-state index in [9.17, 15) is 14.7 Å². The maximum Gasteiger partial charge on any atom is 0.306 e. The number of ketones is 1. The molecule has 0 aliphatic heterocycles. The van der Waals surface area contributed by atoms with E-state index in [1.165, 1.54) is 0 Å². The molecule has 7 unspecified atom stereocenters. The van der Waals surface area contributed by atoms with Gasteiger partial charge in [0.1, 0.15) is 5.78 Å². The van der Waals surface area contributed by atoms with Crippen LogP contribution in [0, 0.1) is 45.3 Å². The number of carbonyl (C=O) groups is 2. The van der Waals surface area contributed by atoms with Crippen molar-refractivity contribution in [1.82, 2.24) is 0 Å². The number of carboxylic acid groups (broad SMARTS) is 1. The Morgan fingerprint density at radius 1 is 1.00 bits per heavy atom. The maximum atomic E-state index is 12.8. The van der Waals surface area contributed by atoms with Crippen molar-refractivity contribution >= 4 is 11.8 Å². The standard InChI is InChI=1S/C31H48O3/c1-19(2)20(3)9-10-21(27(33)34)22-13-17-31(8)24-11-12-25-28(4,5)26(32)15-16-29(25,6)23(24)14-18-30(22,31)7/h20-22,25H,1,9-18H2,2-8H3,(H,33,34). The van der Waals surface area contributed by atoms with E-state index in [0.29, 0.717) is 24.0 Å². The fraction of sp³-hybridized carbons (Fsp3) is 0.806. The van der Waals surface area contributed by atoms with Gasteiger partial charge in [-0.05, 0) is 98.7 Å². The molecular weight excluding hydrogens is 420 g/mol. The first-order valence-corrected chi connectivity index (χ1v) is 13.8. The van der Waals surface area contributed by atoms with Crippen LogP contribution in [0.1, 0.15) is 113 Å². The van der Waals surface area contributed by atoms with Crippen LogP contribution in [0.25, 0.3) is 0 Å². The highest BCUT2D eigenvalue weighted by Crippen LogP contribution is 2.72. The Labute approximate surface area is 207 Å². The summed E-state index contributed by atoms with van der Waals surface area (Å²) in [4.78, 5) is 25.4. The lowest BCUT2D eigenvalue weighted by Gasteiger charge is -2.60. The van der Waals surface area contributed by atoms with Gasteiger partial charge >= 0.3 is 5.97 Å². The van der Waals surface area contributed by atoms with Gasteiger partial charge < -0.3 is 5.11 Å². The van der Waals surface area contributed by atoms with Gasteiger partial charge in [-0.1, -0.05) is 64.8 Å². The van der Waals surface area contributed by atoms with Crippen LogP contribution in [0.2, 0.25) is 0 Å². The molecule has 0 amide bonds. The first-order valence-electron chi connectivity index (χ1n) is 13.8. The van der Waals surface area contributed by atoms with E-state index in [-0.39, 0.29) is 33.5 Å². The lowest BCUT2D eigenvalue weighted by molar-refractivity contribution is -0.147. The second-order valence-corrected chi connectivity index (χ2v) is 13.8. The van der Waals surface area contributed by atoms with E-state index in [2.05, 4.69) is 55.0 Å². The van der Waals surface area contributed by atoms with Crippen LogP contribution in [0.15, 0.2) is 23.3 Å². The van der Waals surface area contributed by atoms with Gasteiger partial charge in [0.05, 0.1) is 5.92 Å². The molecule has 0 radical (unpaired) electrons. The largest absolute Gasteiger partial charge is 0.481 e. The van der Waals surface area contributed by atoms with Crippen LogP contribution in [0.5, 0.6) is 0 Å². The molecular formula is C31H48O3. The van der Waals surface area contributed by atoms with Crippen molar-refractivity contribution in [3.63, 3.8) is 0 Å². The molecule has 4 rings (SSSR count). The number of fused-ring (bicyclic) bond motifs is 4. The number of Topliss-reactive ketones (excluding diaryl/α,β-unsaturated/α-hetero) is 1. The fourth-order valence-corrected chi connectivity index (χ4v) is 9.35. The van der Waals surface area contributed by atoms with Gasteiger partial charge in [-0.15, -0.1) is 0 Å². The zero-order chi connectivity index (χ0) is 25.3. The predicted molar refractivity (Wildman–Crippen MR) is 138 cm³/mol. The van der Waals surface area contributed by atoms with Crippen LogP contribution >= 0.6 is 0 Å². The fourth-order valence-electron chi connectivity index (χ4n) is 9.35. The molecule has 1 N–H and O–H groups in total. The molecule has 0 aromatic heterocycles. The van der Waals surface area contributed by atoms with Crippen molar-refractivity contribution in [3.05, 3.63) is 23.3 Å². The maximum absolute atomic E-state index is 12.8. The minimum absolute atomic E-state index is 0.0323. The summed E-state index contributed by atoms with van der Waals surface area (Å²) in [7, 11) is 0. The number of rotatable bonds is 6. The zero-order valence-corrected chi connectivity index (χ0v) is 22.9. The minimum Gasteiger partial charge on any atom is -0.481 e. The molecule has 0 spiro atoms. The quantitative estimate of drug-likeness (QED) is 0.402. The molecule has 4 aliphatic carbocycles. The lowest BCUT2D eigenvalue weighted by Crippen LogP contribution is -2.54. The molecule has 0 bridgehead atoms. The van der Waals surface area contributed by atoms with Crippen molar-refractivity contribution < 1.29 is 14.7 Å². The monoisotopic (exact) mass is 468 g/mol. The Morgan fingerprint density at radius 2 is 1.68 bits per heavy atom. The van der Waals surface area contributed by atoms with Gasteiger partial charge in [0.15, 0.2) is 0 Å². The van der Waals surface area contributed by atoms with E-state index < -0.39 is 5.97 Å². The molecule has 3 nitrogen and oxygen atoms in total. The van der Waals surface area contributed by atoms with E-state index in [1.54, 1.807) is 11.1 Å². The number of carbonyl (C=O) groups excluding carboxylic acids is 1. The summed E-state index contributed by atoms with van der Waals surface area (Å²) in [6.45, 7) is 20.1. The van der Waals surface area contributed by atoms with Crippen LogP contribution < -0.4 is 0 Å². The normalized spacial score (nSPS) is 40.7. The number of carboxylic acids is 1. The summed E-state index contributed by atoms with van der Waals surface area (Å²) in [5.74, 6) is 0.606. The van der Waals surface area contributed by atoms with Crippen molar-refractivity contribution in [1.29, 1.82) is 0 Å². The third-order valence-corrected chi connectivity index (χ3v) is 12.1. The highest BCUT2D eigenvalue weighted by atomic mass is 16.4. The van der Waals surface area contributed by atoms with Crippen LogP contribution in [0.4, 0.5) is 0 Å². The average molecular weight is 469 g/mol. The molecule has 0 saturated heterocycles. The number of allylic oxidation sites excluding steroid dienone is 3. The Balaban J connectivity index is 1.68. The summed E-state index contributed by atoms with van der Waals surface area (Å²) in [5, 5.41) is 10.3. The third kappa shape index (κ3) is 3.50. The molecule has 190 valence electrons.